The normalized spacial score (nSPS) is 13.4. The highest BCUT2D eigenvalue weighted by atomic mass is 16.5. The fraction of sp³-hybridized carbons (Fsp3) is 0.562. The molecule has 3 atom stereocenters. The van der Waals surface area contributed by atoms with Gasteiger partial charge in [0.15, 0.2) is 0 Å². The fourth-order valence-electron chi connectivity index (χ4n) is 4.30. The molecule has 0 amide bonds. The monoisotopic (exact) mass is 526 g/mol. The Bertz CT molecular complexity index is 885. The molecule has 0 heterocycles. The zero-order valence-electron chi connectivity index (χ0n) is 23.2. The van der Waals surface area contributed by atoms with E-state index in [0.29, 0.717) is 13.0 Å². The number of ether oxygens (including phenoxy) is 3. The Kier molecular flexibility index (Phi) is 16.1. The van der Waals surface area contributed by atoms with Crippen LogP contribution in [-0.4, -0.2) is 35.4 Å². The van der Waals surface area contributed by atoms with Gasteiger partial charge in [0.25, 0.3) is 0 Å². The van der Waals surface area contributed by atoms with Crippen molar-refractivity contribution in [1.29, 1.82) is 0 Å². The molecule has 210 valence electrons. The number of hydrogen-bond acceptors (Lipinski definition) is 6. The third-order valence-electron chi connectivity index (χ3n) is 6.46. The summed E-state index contributed by atoms with van der Waals surface area (Å²) in [5, 5.41) is 10.6. The lowest BCUT2D eigenvalue weighted by Crippen LogP contribution is -2.28. The summed E-state index contributed by atoms with van der Waals surface area (Å²) in [6.45, 7) is 4.89. The quantitative estimate of drug-likeness (QED) is 0.149. The summed E-state index contributed by atoms with van der Waals surface area (Å²) in [5.74, 6) is -0.787. The average Bonchev–Trinajstić information content (AvgIpc) is 2.91. The highest BCUT2D eigenvalue weighted by molar-refractivity contribution is 5.70. The summed E-state index contributed by atoms with van der Waals surface area (Å²) in [4.78, 5) is 25.2. The van der Waals surface area contributed by atoms with Crippen LogP contribution < -0.4 is 0 Å². The van der Waals surface area contributed by atoms with Crippen LogP contribution in [0.4, 0.5) is 0 Å². The van der Waals surface area contributed by atoms with Crippen LogP contribution in [0.5, 0.6) is 0 Å². The first-order chi connectivity index (χ1) is 18.5. The van der Waals surface area contributed by atoms with Gasteiger partial charge in [0.2, 0.25) is 0 Å². The van der Waals surface area contributed by atoms with Gasteiger partial charge in [-0.2, -0.15) is 0 Å². The Morgan fingerprint density at radius 3 is 1.84 bits per heavy atom. The summed E-state index contributed by atoms with van der Waals surface area (Å²) >= 11 is 0. The van der Waals surface area contributed by atoms with Crippen molar-refractivity contribution in [3.05, 3.63) is 71.8 Å². The van der Waals surface area contributed by atoms with Gasteiger partial charge < -0.3 is 19.3 Å². The predicted octanol–water partition coefficient (Wildman–Crippen LogP) is 6.92. The third kappa shape index (κ3) is 14.3. The second-order valence-corrected chi connectivity index (χ2v) is 9.97. The molecule has 0 saturated heterocycles. The Balaban J connectivity index is 1.87. The minimum atomic E-state index is -0.938. The number of unbranched alkanes of at least 4 members (excludes halogenated alkanes) is 4. The number of aliphatic hydroxyl groups excluding tert-OH is 1. The largest absolute Gasteiger partial charge is 0.462 e. The Labute approximate surface area is 228 Å². The molecule has 0 aliphatic carbocycles. The smallest absolute Gasteiger partial charge is 0.308 e. The first-order valence-corrected chi connectivity index (χ1v) is 14.2. The van der Waals surface area contributed by atoms with Gasteiger partial charge in [-0.15, -0.1) is 0 Å². The van der Waals surface area contributed by atoms with Crippen LogP contribution in [0.25, 0.3) is 0 Å². The topological polar surface area (TPSA) is 82.1 Å². The summed E-state index contributed by atoms with van der Waals surface area (Å²) in [6.07, 6.45) is 6.24. The van der Waals surface area contributed by atoms with Gasteiger partial charge in [0.05, 0.1) is 31.7 Å². The van der Waals surface area contributed by atoms with Crippen LogP contribution in [-0.2, 0) is 37.0 Å². The Morgan fingerprint density at radius 2 is 1.26 bits per heavy atom. The molecule has 1 N–H and O–H groups in total. The van der Waals surface area contributed by atoms with Crippen molar-refractivity contribution in [2.75, 3.05) is 0 Å². The second-order valence-electron chi connectivity index (χ2n) is 9.97. The molecule has 0 aromatic heterocycles. The summed E-state index contributed by atoms with van der Waals surface area (Å²) in [6, 6.07) is 19.4. The van der Waals surface area contributed by atoms with Gasteiger partial charge >= 0.3 is 11.9 Å². The van der Waals surface area contributed by atoms with E-state index in [1.165, 1.54) is 0 Å². The van der Waals surface area contributed by atoms with Crippen LogP contribution in [0.3, 0.4) is 0 Å². The highest BCUT2D eigenvalue weighted by Gasteiger charge is 2.23. The maximum atomic E-state index is 12.9. The number of hydrogen-bond donors (Lipinski definition) is 1. The van der Waals surface area contributed by atoms with Crippen molar-refractivity contribution < 1.29 is 28.9 Å². The van der Waals surface area contributed by atoms with E-state index in [4.69, 9.17) is 14.2 Å². The molecule has 0 saturated carbocycles. The van der Waals surface area contributed by atoms with E-state index < -0.39 is 18.2 Å². The molecule has 2 aromatic carbocycles. The lowest BCUT2D eigenvalue weighted by atomic mass is 10.0. The van der Waals surface area contributed by atoms with Crippen molar-refractivity contribution in [2.24, 2.45) is 0 Å². The van der Waals surface area contributed by atoms with Crippen molar-refractivity contribution in [3.63, 3.8) is 0 Å². The molecule has 0 bridgehead atoms. The Morgan fingerprint density at radius 1 is 0.711 bits per heavy atom. The van der Waals surface area contributed by atoms with Crippen LogP contribution in [0, 0.1) is 0 Å². The SMILES string of the molecule is CCCCC[C@H](CC(=O)O[C@H](CCCCC)C[C@@H](O)CC(=O)OCc1ccccc1)OCc1ccccc1. The van der Waals surface area contributed by atoms with Crippen molar-refractivity contribution >= 4 is 11.9 Å². The molecular weight excluding hydrogens is 480 g/mol. The predicted molar refractivity (Wildman–Crippen MR) is 149 cm³/mol. The molecule has 0 spiro atoms. The van der Waals surface area contributed by atoms with Crippen LogP contribution in [0.15, 0.2) is 60.7 Å². The minimum absolute atomic E-state index is 0.130. The lowest BCUT2D eigenvalue weighted by Gasteiger charge is -2.23. The van der Waals surface area contributed by atoms with Crippen LogP contribution in [0.1, 0.15) is 95.6 Å². The highest BCUT2D eigenvalue weighted by Crippen LogP contribution is 2.19. The van der Waals surface area contributed by atoms with Gasteiger partial charge in [-0.1, -0.05) is 107 Å². The molecule has 0 radical (unpaired) electrons. The molecule has 38 heavy (non-hydrogen) atoms. The van der Waals surface area contributed by atoms with Gasteiger partial charge in [-0.05, 0) is 30.4 Å². The second kappa shape index (κ2) is 19.4. The van der Waals surface area contributed by atoms with Crippen LogP contribution >= 0.6 is 0 Å². The number of carbonyl (C=O) groups is 2. The molecule has 6 heteroatoms. The van der Waals surface area contributed by atoms with Gasteiger partial charge in [-0.25, -0.2) is 0 Å². The van der Waals surface area contributed by atoms with E-state index in [9.17, 15) is 14.7 Å². The number of benzene rings is 2. The first kappa shape index (κ1) is 31.5. The van der Waals surface area contributed by atoms with Gasteiger partial charge in [0, 0.05) is 6.42 Å². The number of esters is 2. The molecule has 0 unspecified atom stereocenters. The van der Waals surface area contributed by atoms with E-state index in [-0.39, 0.29) is 37.9 Å². The summed E-state index contributed by atoms with van der Waals surface area (Å²) in [7, 11) is 0. The van der Waals surface area contributed by atoms with E-state index in [1.54, 1.807) is 0 Å². The first-order valence-electron chi connectivity index (χ1n) is 14.2. The molecule has 2 aromatic rings. The van der Waals surface area contributed by atoms with E-state index in [1.807, 2.05) is 60.7 Å². The third-order valence-corrected chi connectivity index (χ3v) is 6.46. The van der Waals surface area contributed by atoms with Gasteiger partial charge in [-0.3, -0.25) is 9.59 Å². The van der Waals surface area contributed by atoms with Crippen molar-refractivity contribution in [3.8, 4) is 0 Å². The Hall–Kier alpha value is -2.70. The van der Waals surface area contributed by atoms with E-state index in [2.05, 4.69) is 13.8 Å². The lowest BCUT2D eigenvalue weighted by molar-refractivity contribution is -0.155. The summed E-state index contributed by atoms with van der Waals surface area (Å²) < 4.78 is 17.2. The van der Waals surface area contributed by atoms with Crippen molar-refractivity contribution in [2.45, 2.75) is 116 Å². The van der Waals surface area contributed by atoms with Gasteiger partial charge in [0.1, 0.15) is 12.7 Å². The number of carbonyl (C=O) groups excluding carboxylic acids is 2. The number of rotatable bonds is 20. The summed E-state index contributed by atoms with van der Waals surface area (Å²) in [5.41, 5.74) is 1.96. The maximum Gasteiger partial charge on any atom is 0.308 e. The van der Waals surface area contributed by atoms with E-state index >= 15 is 0 Å². The minimum Gasteiger partial charge on any atom is -0.462 e. The average molecular weight is 527 g/mol. The molecule has 0 aliphatic heterocycles. The molecule has 0 fully saturated rings. The maximum absolute atomic E-state index is 12.9. The molecular formula is C32H46O6. The van der Waals surface area contributed by atoms with E-state index in [0.717, 1.165) is 56.1 Å². The zero-order chi connectivity index (χ0) is 27.4. The number of aliphatic hydroxyl groups is 1. The molecule has 6 nitrogen and oxygen atoms in total. The van der Waals surface area contributed by atoms with Crippen LogP contribution in [0.2, 0.25) is 0 Å². The zero-order valence-corrected chi connectivity index (χ0v) is 23.2. The fourth-order valence-corrected chi connectivity index (χ4v) is 4.30. The standard InChI is InChI=1S/C32H46O6/c1-3-5-9-19-29(36-24-26-15-11-7-12-16-26)23-32(35)38-30(20-10-6-4-2)21-28(33)22-31(34)37-25-27-17-13-8-14-18-27/h7-8,11-18,28-30,33H,3-6,9-10,19-25H2,1-2H3/t28-,29-,30-/m1/s1. The molecule has 2 rings (SSSR count). The molecule has 0 aliphatic rings. The van der Waals surface area contributed by atoms with Crippen molar-refractivity contribution in [1.82, 2.24) is 0 Å².